The van der Waals surface area contributed by atoms with Crippen LogP contribution in [0.5, 0.6) is 5.75 Å². The third-order valence-electron chi connectivity index (χ3n) is 3.31. The van der Waals surface area contributed by atoms with Crippen LogP contribution in [0.1, 0.15) is 45.1 Å². The Labute approximate surface area is 117 Å². The molecule has 1 rings (SSSR count). The van der Waals surface area contributed by atoms with Crippen LogP contribution in [0.3, 0.4) is 0 Å². The zero-order valence-corrected chi connectivity index (χ0v) is 12.4. The molecule has 0 saturated carbocycles. The summed E-state index contributed by atoms with van der Waals surface area (Å²) in [4.78, 5) is 0. The lowest BCUT2D eigenvalue weighted by Gasteiger charge is -2.14. The van der Waals surface area contributed by atoms with Gasteiger partial charge in [0.25, 0.3) is 0 Å². The lowest BCUT2D eigenvalue weighted by molar-refractivity contribution is 0.106. The first-order chi connectivity index (χ1) is 9.17. The van der Waals surface area contributed by atoms with Crippen LogP contribution in [0.2, 0.25) is 0 Å². The Bertz CT molecular complexity index is 337. The van der Waals surface area contributed by atoms with Gasteiger partial charge in [-0.25, -0.2) is 0 Å². The number of benzene rings is 1. The van der Waals surface area contributed by atoms with Gasteiger partial charge in [0.2, 0.25) is 0 Å². The van der Waals surface area contributed by atoms with Gasteiger partial charge in [-0.2, -0.15) is 0 Å². The molecule has 1 aromatic rings. The predicted molar refractivity (Wildman–Crippen MR) is 79.8 cm³/mol. The molecule has 2 atom stereocenters. The first kappa shape index (κ1) is 16.0. The average Bonchev–Trinajstić information content (AvgIpc) is 2.45. The minimum atomic E-state index is -0.458. The topological polar surface area (TPSA) is 41.5 Å². The Morgan fingerprint density at radius 3 is 2.47 bits per heavy atom. The van der Waals surface area contributed by atoms with Crippen molar-refractivity contribution in [2.75, 3.05) is 19.7 Å². The molecule has 0 fully saturated rings. The summed E-state index contributed by atoms with van der Waals surface area (Å²) < 4.78 is 5.58. The molecule has 3 nitrogen and oxygen atoms in total. The Kier molecular flexibility index (Phi) is 7.53. The fraction of sp³-hybridized carbons (Fsp3) is 0.625. The largest absolute Gasteiger partial charge is 0.491 e. The van der Waals surface area contributed by atoms with Crippen molar-refractivity contribution in [3.05, 3.63) is 29.8 Å². The fourth-order valence-corrected chi connectivity index (χ4v) is 1.83. The van der Waals surface area contributed by atoms with E-state index in [0.717, 1.165) is 25.1 Å². The van der Waals surface area contributed by atoms with Crippen molar-refractivity contribution in [3.8, 4) is 5.75 Å². The van der Waals surface area contributed by atoms with Crippen LogP contribution in [0.15, 0.2) is 24.3 Å². The third kappa shape index (κ3) is 6.08. The lowest BCUT2D eigenvalue weighted by atomic mass is 9.99. The first-order valence-electron chi connectivity index (χ1n) is 7.28. The summed E-state index contributed by atoms with van der Waals surface area (Å²) in [6.07, 6.45) is 1.76. The normalized spacial score (nSPS) is 14.1. The maximum atomic E-state index is 9.73. The number of nitrogens with one attached hydrogen (secondary N) is 1. The standard InChI is InChI=1S/C16H27NO2/c1-4-10-17-11-15(18)12-19-16-8-6-14(7-9-16)13(3)5-2/h6-9,13,15,17-18H,4-5,10-12H2,1-3H3. The van der Waals surface area contributed by atoms with Gasteiger partial charge < -0.3 is 15.2 Å². The predicted octanol–water partition coefficient (Wildman–Crippen LogP) is 2.94. The van der Waals surface area contributed by atoms with Gasteiger partial charge in [-0.05, 0) is 43.0 Å². The van der Waals surface area contributed by atoms with Crippen molar-refractivity contribution >= 4 is 0 Å². The summed E-state index contributed by atoms with van der Waals surface area (Å²) in [5, 5.41) is 12.9. The zero-order valence-electron chi connectivity index (χ0n) is 12.4. The number of hydrogen-bond acceptors (Lipinski definition) is 3. The summed E-state index contributed by atoms with van der Waals surface area (Å²) in [6.45, 7) is 8.36. The molecule has 0 aliphatic heterocycles. The minimum absolute atomic E-state index is 0.333. The number of ether oxygens (including phenoxy) is 1. The summed E-state index contributed by atoms with van der Waals surface area (Å²) in [5.74, 6) is 1.40. The molecule has 2 N–H and O–H groups in total. The second-order valence-corrected chi connectivity index (χ2v) is 5.05. The van der Waals surface area contributed by atoms with E-state index in [-0.39, 0.29) is 0 Å². The molecule has 19 heavy (non-hydrogen) atoms. The van der Waals surface area contributed by atoms with E-state index in [0.29, 0.717) is 19.1 Å². The van der Waals surface area contributed by atoms with Crippen molar-refractivity contribution < 1.29 is 9.84 Å². The highest BCUT2D eigenvalue weighted by molar-refractivity contribution is 5.29. The average molecular weight is 265 g/mol. The molecule has 0 radical (unpaired) electrons. The van der Waals surface area contributed by atoms with Crippen LogP contribution in [0.25, 0.3) is 0 Å². The summed E-state index contributed by atoms with van der Waals surface area (Å²) in [7, 11) is 0. The molecule has 1 aromatic carbocycles. The molecular formula is C16H27NO2. The van der Waals surface area contributed by atoms with Crippen LogP contribution in [-0.2, 0) is 0 Å². The summed E-state index contributed by atoms with van der Waals surface area (Å²) >= 11 is 0. The number of hydrogen-bond donors (Lipinski definition) is 2. The molecule has 0 spiro atoms. The van der Waals surface area contributed by atoms with Crippen LogP contribution < -0.4 is 10.1 Å². The minimum Gasteiger partial charge on any atom is -0.491 e. The van der Waals surface area contributed by atoms with Crippen LogP contribution in [-0.4, -0.2) is 30.9 Å². The maximum absolute atomic E-state index is 9.73. The highest BCUT2D eigenvalue weighted by atomic mass is 16.5. The molecule has 2 unspecified atom stereocenters. The molecule has 0 aliphatic rings. The summed E-state index contributed by atoms with van der Waals surface area (Å²) in [6, 6.07) is 8.16. The summed E-state index contributed by atoms with van der Waals surface area (Å²) in [5.41, 5.74) is 1.33. The number of aliphatic hydroxyl groups excluding tert-OH is 1. The molecule has 0 bridgehead atoms. The van der Waals surface area contributed by atoms with Gasteiger partial charge in [-0.3, -0.25) is 0 Å². The fourth-order valence-electron chi connectivity index (χ4n) is 1.83. The highest BCUT2D eigenvalue weighted by Crippen LogP contribution is 2.21. The van der Waals surface area contributed by atoms with E-state index in [1.165, 1.54) is 5.56 Å². The van der Waals surface area contributed by atoms with E-state index in [1.807, 2.05) is 12.1 Å². The Balaban J connectivity index is 2.33. The molecule has 0 heterocycles. The monoisotopic (exact) mass is 265 g/mol. The first-order valence-corrected chi connectivity index (χ1v) is 7.28. The van der Waals surface area contributed by atoms with Gasteiger partial charge in [0.05, 0.1) is 0 Å². The van der Waals surface area contributed by atoms with E-state index in [9.17, 15) is 5.11 Å². The second-order valence-electron chi connectivity index (χ2n) is 5.05. The van der Waals surface area contributed by atoms with Crippen LogP contribution in [0, 0.1) is 0 Å². The molecule has 3 heteroatoms. The van der Waals surface area contributed by atoms with Crippen molar-refractivity contribution in [1.29, 1.82) is 0 Å². The Morgan fingerprint density at radius 1 is 1.21 bits per heavy atom. The lowest BCUT2D eigenvalue weighted by Crippen LogP contribution is -2.31. The van der Waals surface area contributed by atoms with Crippen LogP contribution >= 0.6 is 0 Å². The van der Waals surface area contributed by atoms with Crippen molar-refractivity contribution in [2.24, 2.45) is 0 Å². The molecule has 0 saturated heterocycles. The zero-order chi connectivity index (χ0) is 14.1. The van der Waals surface area contributed by atoms with Crippen molar-refractivity contribution in [2.45, 2.75) is 45.6 Å². The molecular weight excluding hydrogens is 238 g/mol. The van der Waals surface area contributed by atoms with Gasteiger partial charge in [0.15, 0.2) is 0 Å². The van der Waals surface area contributed by atoms with E-state index < -0.39 is 6.10 Å². The van der Waals surface area contributed by atoms with Gasteiger partial charge in [-0.1, -0.05) is 32.9 Å². The highest BCUT2D eigenvalue weighted by Gasteiger charge is 2.06. The van der Waals surface area contributed by atoms with Crippen molar-refractivity contribution in [3.63, 3.8) is 0 Å². The van der Waals surface area contributed by atoms with E-state index in [4.69, 9.17) is 4.74 Å². The number of rotatable bonds is 9. The Hall–Kier alpha value is -1.06. The van der Waals surface area contributed by atoms with Gasteiger partial charge in [0, 0.05) is 6.54 Å². The maximum Gasteiger partial charge on any atom is 0.119 e. The Morgan fingerprint density at radius 2 is 1.89 bits per heavy atom. The van der Waals surface area contributed by atoms with Crippen LogP contribution in [0.4, 0.5) is 0 Å². The van der Waals surface area contributed by atoms with E-state index >= 15 is 0 Å². The molecule has 0 aromatic heterocycles. The quantitative estimate of drug-likeness (QED) is 0.675. The van der Waals surface area contributed by atoms with E-state index in [1.54, 1.807) is 0 Å². The molecule has 108 valence electrons. The van der Waals surface area contributed by atoms with E-state index in [2.05, 4.69) is 38.2 Å². The second kappa shape index (κ2) is 8.94. The molecule has 0 aliphatic carbocycles. The SMILES string of the molecule is CCCNCC(O)COc1ccc(C(C)CC)cc1. The third-order valence-corrected chi connectivity index (χ3v) is 3.31. The number of aliphatic hydroxyl groups is 1. The van der Waals surface area contributed by atoms with Crippen molar-refractivity contribution in [1.82, 2.24) is 5.32 Å². The smallest absolute Gasteiger partial charge is 0.119 e. The van der Waals surface area contributed by atoms with Gasteiger partial charge in [0.1, 0.15) is 18.5 Å². The molecule has 0 amide bonds. The van der Waals surface area contributed by atoms with Gasteiger partial charge in [-0.15, -0.1) is 0 Å². The van der Waals surface area contributed by atoms with Gasteiger partial charge >= 0.3 is 0 Å².